The lowest BCUT2D eigenvalue weighted by Gasteiger charge is -2.07. The molecule has 2 heteroatoms. The third-order valence-corrected chi connectivity index (χ3v) is 2.07. The number of nitriles is 1. The van der Waals surface area contributed by atoms with Crippen molar-refractivity contribution < 1.29 is 0 Å². The second kappa shape index (κ2) is 3.38. The Morgan fingerprint density at radius 2 is 1.92 bits per heavy atom. The molecule has 62 valence electrons. The van der Waals surface area contributed by atoms with Gasteiger partial charge < -0.3 is 5.73 Å². The van der Waals surface area contributed by atoms with Gasteiger partial charge in [0.25, 0.3) is 0 Å². The molecule has 0 heterocycles. The quantitative estimate of drug-likeness (QED) is 0.678. The van der Waals surface area contributed by atoms with Crippen molar-refractivity contribution >= 4 is 0 Å². The van der Waals surface area contributed by atoms with Gasteiger partial charge in [-0.3, -0.25) is 0 Å². The second-order valence-electron chi connectivity index (χ2n) is 2.87. The molecule has 0 fully saturated rings. The molecule has 2 nitrogen and oxygen atoms in total. The van der Waals surface area contributed by atoms with E-state index in [2.05, 4.69) is 6.07 Å². The fourth-order valence-corrected chi connectivity index (χ4v) is 1.29. The van der Waals surface area contributed by atoms with Crippen LogP contribution in [0, 0.1) is 25.2 Å². The van der Waals surface area contributed by atoms with Crippen LogP contribution in [0.5, 0.6) is 0 Å². The van der Waals surface area contributed by atoms with Gasteiger partial charge in [-0.05, 0) is 30.5 Å². The molecule has 1 aromatic carbocycles. The highest BCUT2D eigenvalue weighted by Gasteiger charge is 2.05. The largest absolute Gasteiger partial charge is 0.326 e. The van der Waals surface area contributed by atoms with Crippen molar-refractivity contribution in [1.29, 1.82) is 5.26 Å². The smallest absolute Gasteiger partial charge is 0.0997 e. The van der Waals surface area contributed by atoms with Crippen LogP contribution in [0.4, 0.5) is 0 Å². The highest BCUT2D eigenvalue weighted by atomic mass is 14.5. The third-order valence-electron chi connectivity index (χ3n) is 2.07. The first-order valence-corrected chi connectivity index (χ1v) is 3.90. The molecule has 0 aliphatic heterocycles. The lowest BCUT2D eigenvalue weighted by molar-refractivity contribution is 1.03. The molecular formula is C10H12N2. The number of nitrogens with two attached hydrogens (primary N) is 1. The highest BCUT2D eigenvalue weighted by molar-refractivity contribution is 5.47. The number of hydrogen-bond donors (Lipinski definition) is 1. The maximum absolute atomic E-state index is 8.85. The van der Waals surface area contributed by atoms with Gasteiger partial charge in [0.05, 0.1) is 11.6 Å². The Morgan fingerprint density at radius 3 is 2.33 bits per heavy atom. The maximum atomic E-state index is 8.85. The number of aryl methyl sites for hydroxylation is 2. The van der Waals surface area contributed by atoms with E-state index in [1.54, 1.807) is 0 Å². The lowest BCUT2D eigenvalue weighted by Crippen LogP contribution is -2.03. The minimum absolute atomic E-state index is 0.441. The van der Waals surface area contributed by atoms with Crippen LogP contribution in [0.1, 0.15) is 22.3 Å². The lowest BCUT2D eigenvalue weighted by atomic mass is 9.98. The molecule has 0 spiro atoms. The zero-order valence-corrected chi connectivity index (χ0v) is 7.39. The molecule has 0 amide bonds. The number of nitrogens with zero attached hydrogens (tertiary/aromatic N) is 1. The number of rotatable bonds is 1. The van der Waals surface area contributed by atoms with Gasteiger partial charge in [-0.2, -0.15) is 5.26 Å². The summed E-state index contributed by atoms with van der Waals surface area (Å²) >= 11 is 0. The first-order valence-electron chi connectivity index (χ1n) is 3.90. The Morgan fingerprint density at radius 1 is 1.33 bits per heavy atom. The minimum atomic E-state index is 0.441. The first-order chi connectivity index (χ1) is 5.70. The van der Waals surface area contributed by atoms with Crippen LogP contribution in [0.15, 0.2) is 12.1 Å². The molecule has 12 heavy (non-hydrogen) atoms. The molecule has 0 aliphatic carbocycles. The summed E-state index contributed by atoms with van der Waals surface area (Å²) < 4.78 is 0. The normalized spacial score (nSPS) is 9.50. The second-order valence-corrected chi connectivity index (χ2v) is 2.87. The van der Waals surface area contributed by atoms with Crippen molar-refractivity contribution in [3.63, 3.8) is 0 Å². The van der Waals surface area contributed by atoms with E-state index < -0.39 is 0 Å². The van der Waals surface area contributed by atoms with Crippen LogP contribution in [-0.4, -0.2) is 0 Å². The van der Waals surface area contributed by atoms with Crippen molar-refractivity contribution in [1.82, 2.24) is 0 Å². The summed E-state index contributed by atoms with van der Waals surface area (Å²) in [5, 5.41) is 8.85. The molecule has 1 rings (SSSR count). The number of hydrogen-bond acceptors (Lipinski definition) is 2. The summed E-state index contributed by atoms with van der Waals surface area (Å²) in [6, 6.07) is 6.13. The van der Waals surface area contributed by atoms with E-state index in [-0.39, 0.29) is 0 Å². The van der Waals surface area contributed by atoms with Gasteiger partial charge in [0.1, 0.15) is 0 Å². The Kier molecular flexibility index (Phi) is 2.47. The molecule has 2 N–H and O–H groups in total. The molecule has 0 radical (unpaired) electrons. The molecule has 0 saturated heterocycles. The van der Waals surface area contributed by atoms with E-state index in [1.807, 2.05) is 26.0 Å². The van der Waals surface area contributed by atoms with Crippen molar-refractivity contribution in [3.05, 3.63) is 34.4 Å². The predicted molar refractivity (Wildman–Crippen MR) is 48.5 cm³/mol. The molecule has 0 saturated carbocycles. The Bertz CT molecular complexity index is 334. The van der Waals surface area contributed by atoms with Gasteiger partial charge in [0.15, 0.2) is 0 Å². The summed E-state index contributed by atoms with van der Waals surface area (Å²) in [5.41, 5.74) is 9.35. The van der Waals surface area contributed by atoms with Crippen LogP contribution >= 0.6 is 0 Å². The zero-order valence-electron chi connectivity index (χ0n) is 7.39. The van der Waals surface area contributed by atoms with Gasteiger partial charge in [0, 0.05) is 6.54 Å². The molecule has 0 atom stereocenters. The molecule has 0 aliphatic rings. The van der Waals surface area contributed by atoms with E-state index in [4.69, 9.17) is 11.0 Å². The third kappa shape index (κ3) is 1.32. The minimum Gasteiger partial charge on any atom is -0.326 e. The van der Waals surface area contributed by atoms with Crippen molar-refractivity contribution in [3.8, 4) is 6.07 Å². The fraction of sp³-hybridized carbons (Fsp3) is 0.300. The van der Waals surface area contributed by atoms with Gasteiger partial charge >= 0.3 is 0 Å². The average Bonchev–Trinajstić information content (AvgIpc) is 2.08. The van der Waals surface area contributed by atoms with Crippen molar-refractivity contribution in [2.24, 2.45) is 5.73 Å². The van der Waals surface area contributed by atoms with Crippen LogP contribution in [0.25, 0.3) is 0 Å². The van der Waals surface area contributed by atoms with Gasteiger partial charge in [0.2, 0.25) is 0 Å². The topological polar surface area (TPSA) is 49.8 Å². The van der Waals surface area contributed by atoms with E-state index in [0.717, 1.165) is 22.3 Å². The summed E-state index contributed by atoms with van der Waals surface area (Å²) in [4.78, 5) is 0. The summed E-state index contributed by atoms with van der Waals surface area (Å²) in [5.74, 6) is 0. The molecule has 0 aromatic heterocycles. The van der Waals surface area contributed by atoms with E-state index in [9.17, 15) is 0 Å². The number of benzene rings is 1. The zero-order chi connectivity index (χ0) is 9.14. The summed E-state index contributed by atoms with van der Waals surface area (Å²) in [6.45, 7) is 4.34. The van der Waals surface area contributed by atoms with Gasteiger partial charge in [-0.15, -0.1) is 0 Å². The monoisotopic (exact) mass is 160 g/mol. The van der Waals surface area contributed by atoms with E-state index in [0.29, 0.717) is 6.54 Å². The van der Waals surface area contributed by atoms with Crippen molar-refractivity contribution in [2.75, 3.05) is 0 Å². The van der Waals surface area contributed by atoms with Crippen LogP contribution in [-0.2, 0) is 6.54 Å². The Labute approximate surface area is 72.6 Å². The van der Waals surface area contributed by atoms with Gasteiger partial charge in [-0.25, -0.2) is 0 Å². The Hall–Kier alpha value is -1.33. The summed E-state index contributed by atoms with van der Waals surface area (Å²) in [6.07, 6.45) is 0. The molecular weight excluding hydrogens is 148 g/mol. The van der Waals surface area contributed by atoms with Crippen LogP contribution < -0.4 is 5.73 Å². The first kappa shape index (κ1) is 8.76. The molecule has 1 aromatic rings. The van der Waals surface area contributed by atoms with Crippen molar-refractivity contribution in [2.45, 2.75) is 20.4 Å². The van der Waals surface area contributed by atoms with E-state index >= 15 is 0 Å². The highest BCUT2D eigenvalue weighted by Crippen LogP contribution is 2.16. The molecule has 0 unspecified atom stereocenters. The van der Waals surface area contributed by atoms with E-state index in [1.165, 1.54) is 0 Å². The average molecular weight is 160 g/mol. The standard InChI is InChI=1S/C10H12N2/c1-7-3-4-8(2)10(6-12)9(7)5-11/h3-4H,5,11H2,1-2H3. The Balaban J connectivity index is 3.41. The summed E-state index contributed by atoms with van der Waals surface area (Å²) in [7, 11) is 0. The van der Waals surface area contributed by atoms with Gasteiger partial charge in [-0.1, -0.05) is 12.1 Å². The fourth-order valence-electron chi connectivity index (χ4n) is 1.29. The van der Waals surface area contributed by atoms with Crippen LogP contribution in [0.2, 0.25) is 0 Å². The predicted octanol–water partition coefficient (Wildman–Crippen LogP) is 1.63. The molecule has 0 bridgehead atoms. The maximum Gasteiger partial charge on any atom is 0.0997 e. The SMILES string of the molecule is Cc1ccc(C)c(CN)c1C#N. The van der Waals surface area contributed by atoms with Crippen LogP contribution in [0.3, 0.4) is 0 Å².